The van der Waals surface area contributed by atoms with Gasteiger partial charge in [0.05, 0.1) is 0 Å². The van der Waals surface area contributed by atoms with Gasteiger partial charge in [0, 0.05) is 0 Å². The van der Waals surface area contributed by atoms with Gasteiger partial charge in [0.1, 0.15) is 0 Å². The Bertz CT molecular complexity index is 271. The van der Waals surface area contributed by atoms with Gasteiger partial charge in [-0.25, -0.2) is 0 Å². The third-order valence-corrected chi connectivity index (χ3v) is 1.88. The zero-order valence-electron chi connectivity index (χ0n) is 8.28. The predicted molar refractivity (Wildman–Crippen MR) is 45.6 cm³/mol. The summed E-state index contributed by atoms with van der Waals surface area (Å²) in [5.74, 6) is 0. The number of hydrogen-bond donors (Lipinski definition) is 1. The molecule has 0 aromatic heterocycles. The van der Waals surface area contributed by atoms with Crippen molar-refractivity contribution in [2.45, 2.75) is 31.3 Å². The van der Waals surface area contributed by atoms with Crippen LogP contribution in [-0.4, -0.2) is 23.1 Å². The van der Waals surface area contributed by atoms with Crippen molar-refractivity contribution in [3.63, 3.8) is 0 Å². The monoisotopic (exact) mass is 248 g/mol. The second-order valence-corrected chi connectivity index (χ2v) is 2.98. The Balaban J connectivity index is 5.78. The average molecular weight is 248 g/mol. The number of alkyl halides is 6. The third kappa shape index (κ3) is 2.40. The van der Waals surface area contributed by atoms with Gasteiger partial charge in [0.25, 0.3) is 5.60 Å². The molecule has 1 nitrogen and oxygen atoms in total. The van der Waals surface area contributed by atoms with E-state index in [1.165, 1.54) is 6.92 Å². The molecule has 0 aromatic carbocycles. The minimum atomic E-state index is -5.85. The second-order valence-electron chi connectivity index (χ2n) is 2.98. The first-order valence-electron chi connectivity index (χ1n) is 4.21. The molecular weight excluding hydrogens is 238 g/mol. The fourth-order valence-corrected chi connectivity index (χ4v) is 1.09. The summed E-state index contributed by atoms with van der Waals surface area (Å²) in [6, 6.07) is 0. The van der Waals surface area contributed by atoms with Crippen molar-refractivity contribution in [3.05, 3.63) is 24.3 Å². The second kappa shape index (κ2) is 4.48. The molecule has 7 heteroatoms. The van der Waals surface area contributed by atoms with Crippen LogP contribution in [0.4, 0.5) is 26.3 Å². The lowest BCUT2D eigenvalue weighted by atomic mass is 9.91. The molecule has 0 heterocycles. The Morgan fingerprint density at radius 3 is 1.69 bits per heavy atom. The first kappa shape index (κ1) is 15.0. The summed E-state index contributed by atoms with van der Waals surface area (Å²) < 4.78 is 73.8. The molecule has 0 bridgehead atoms. The fraction of sp³-hybridized carbons (Fsp3) is 0.556. The Morgan fingerprint density at radius 2 is 1.50 bits per heavy atom. The molecule has 0 saturated heterocycles. The Hall–Kier alpha value is -0.980. The molecule has 0 aliphatic rings. The number of hydrogen-bond acceptors (Lipinski definition) is 1. The molecule has 0 spiro atoms. The molecule has 0 unspecified atom stereocenters. The van der Waals surface area contributed by atoms with Gasteiger partial charge in [-0.15, -0.1) is 0 Å². The highest BCUT2D eigenvalue weighted by atomic mass is 19.4. The van der Waals surface area contributed by atoms with Gasteiger partial charge in [0.2, 0.25) is 0 Å². The molecular formula is C9H10F6O. The number of allylic oxidation sites excluding steroid dienone is 1. The minimum Gasteiger partial charge on any atom is -0.370 e. The SMILES string of the molecule is C=C/C(=C\CC)C(O)(C(F)(F)F)C(F)(F)F. The van der Waals surface area contributed by atoms with Gasteiger partial charge < -0.3 is 5.11 Å². The van der Waals surface area contributed by atoms with E-state index >= 15 is 0 Å². The summed E-state index contributed by atoms with van der Waals surface area (Å²) in [5, 5.41) is 8.89. The number of rotatable bonds is 3. The van der Waals surface area contributed by atoms with Crippen molar-refractivity contribution in [1.29, 1.82) is 0 Å². The van der Waals surface area contributed by atoms with E-state index in [-0.39, 0.29) is 6.42 Å². The van der Waals surface area contributed by atoms with Gasteiger partial charge in [0.15, 0.2) is 0 Å². The number of aliphatic hydroxyl groups is 1. The topological polar surface area (TPSA) is 20.2 Å². The van der Waals surface area contributed by atoms with E-state index in [1.54, 1.807) is 0 Å². The van der Waals surface area contributed by atoms with Crippen LogP contribution in [0.3, 0.4) is 0 Å². The molecule has 0 saturated carbocycles. The van der Waals surface area contributed by atoms with Crippen LogP contribution in [-0.2, 0) is 0 Å². The van der Waals surface area contributed by atoms with E-state index in [1.807, 2.05) is 0 Å². The molecule has 0 aromatic rings. The standard InChI is InChI=1S/C9H10F6O/c1-3-5-6(4-2)7(16,8(10,11)12)9(13,14)15/h4-5,16H,2-3H2,1H3/b6-5+. The van der Waals surface area contributed by atoms with Crippen molar-refractivity contribution in [2.24, 2.45) is 0 Å². The summed E-state index contributed by atoms with van der Waals surface area (Å²) in [5.41, 5.74) is -6.17. The maximum Gasteiger partial charge on any atom is 0.430 e. The quantitative estimate of drug-likeness (QED) is 0.599. The molecule has 0 fully saturated rings. The molecule has 0 aliphatic heterocycles. The summed E-state index contributed by atoms with van der Waals surface area (Å²) in [7, 11) is 0. The highest BCUT2D eigenvalue weighted by Crippen LogP contribution is 2.47. The van der Waals surface area contributed by atoms with E-state index in [0.29, 0.717) is 12.2 Å². The van der Waals surface area contributed by atoms with E-state index in [2.05, 4.69) is 6.58 Å². The van der Waals surface area contributed by atoms with Crippen LogP contribution in [0.2, 0.25) is 0 Å². The smallest absolute Gasteiger partial charge is 0.370 e. The van der Waals surface area contributed by atoms with Crippen molar-refractivity contribution in [3.8, 4) is 0 Å². The van der Waals surface area contributed by atoms with Crippen LogP contribution >= 0.6 is 0 Å². The van der Waals surface area contributed by atoms with Crippen LogP contribution in [0.15, 0.2) is 24.3 Å². The lowest BCUT2D eigenvalue weighted by Crippen LogP contribution is -2.57. The highest BCUT2D eigenvalue weighted by Gasteiger charge is 2.71. The predicted octanol–water partition coefficient (Wildman–Crippen LogP) is 3.36. The largest absolute Gasteiger partial charge is 0.430 e. The first-order chi connectivity index (χ1) is 7.02. The van der Waals surface area contributed by atoms with Crippen LogP contribution in [0.25, 0.3) is 0 Å². The summed E-state index contributed by atoms with van der Waals surface area (Å²) in [4.78, 5) is 0. The molecule has 0 radical (unpaired) electrons. The molecule has 94 valence electrons. The van der Waals surface area contributed by atoms with E-state index in [9.17, 15) is 26.3 Å². The fourth-order valence-electron chi connectivity index (χ4n) is 1.09. The summed E-state index contributed by atoms with van der Waals surface area (Å²) in [6.07, 6.45) is -10.8. The average Bonchev–Trinajstić information content (AvgIpc) is 2.09. The van der Waals surface area contributed by atoms with Crippen LogP contribution in [0.5, 0.6) is 0 Å². The van der Waals surface area contributed by atoms with E-state index < -0.39 is 23.5 Å². The minimum absolute atomic E-state index is 0.0875. The first-order valence-corrected chi connectivity index (χ1v) is 4.21. The number of halogens is 6. The maximum absolute atomic E-state index is 12.3. The summed E-state index contributed by atoms with van der Waals surface area (Å²) in [6.45, 7) is 4.19. The van der Waals surface area contributed by atoms with Crippen molar-refractivity contribution in [2.75, 3.05) is 0 Å². The van der Waals surface area contributed by atoms with E-state index in [4.69, 9.17) is 5.11 Å². The Labute approximate surface area is 88.1 Å². The van der Waals surface area contributed by atoms with E-state index in [0.717, 1.165) is 0 Å². The Morgan fingerprint density at radius 1 is 1.12 bits per heavy atom. The van der Waals surface area contributed by atoms with Gasteiger partial charge >= 0.3 is 12.4 Å². The Kier molecular flexibility index (Phi) is 4.21. The summed E-state index contributed by atoms with van der Waals surface area (Å²) >= 11 is 0. The molecule has 0 amide bonds. The van der Waals surface area contributed by atoms with Crippen molar-refractivity contribution in [1.82, 2.24) is 0 Å². The van der Waals surface area contributed by atoms with Crippen LogP contribution in [0.1, 0.15) is 13.3 Å². The van der Waals surface area contributed by atoms with Gasteiger partial charge in [-0.3, -0.25) is 0 Å². The van der Waals surface area contributed by atoms with Crippen LogP contribution in [0, 0.1) is 0 Å². The van der Waals surface area contributed by atoms with Gasteiger partial charge in [-0.05, 0) is 12.0 Å². The molecule has 1 N–H and O–H groups in total. The molecule has 0 atom stereocenters. The van der Waals surface area contributed by atoms with Crippen LogP contribution < -0.4 is 0 Å². The lowest BCUT2D eigenvalue weighted by Gasteiger charge is -2.33. The zero-order chi connectivity index (χ0) is 13.2. The maximum atomic E-state index is 12.3. The third-order valence-electron chi connectivity index (χ3n) is 1.88. The zero-order valence-corrected chi connectivity index (χ0v) is 8.28. The van der Waals surface area contributed by atoms with Crippen molar-refractivity contribution >= 4 is 0 Å². The van der Waals surface area contributed by atoms with Gasteiger partial charge in [-0.1, -0.05) is 25.7 Å². The molecule has 16 heavy (non-hydrogen) atoms. The lowest BCUT2D eigenvalue weighted by molar-refractivity contribution is -0.351. The molecule has 0 aliphatic carbocycles. The van der Waals surface area contributed by atoms with Crippen molar-refractivity contribution < 1.29 is 31.4 Å². The highest BCUT2D eigenvalue weighted by molar-refractivity contribution is 5.32. The molecule has 0 rings (SSSR count). The van der Waals surface area contributed by atoms with Gasteiger partial charge in [-0.2, -0.15) is 26.3 Å². The normalized spacial score (nSPS) is 15.1.